The van der Waals surface area contributed by atoms with Gasteiger partial charge in [0.05, 0.1) is 0 Å². The third-order valence-corrected chi connectivity index (χ3v) is 8.25. The van der Waals surface area contributed by atoms with Crippen LogP contribution in [0.3, 0.4) is 0 Å². The maximum atomic E-state index is 2.40. The zero-order valence-electron chi connectivity index (χ0n) is 24.8. The van der Waals surface area contributed by atoms with E-state index in [4.69, 9.17) is 0 Å². The van der Waals surface area contributed by atoms with E-state index in [9.17, 15) is 0 Å². The van der Waals surface area contributed by atoms with Gasteiger partial charge in [0.2, 0.25) is 0 Å². The molecule has 0 radical (unpaired) electrons. The van der Waals surface area contributed by atoms with E-state index >= 15 is 0 Å². The lowest BCUT2D eigenvalue weighted by Gasteiger charge is -2.07. The van der Waals surface area contributed by atoms with Gasteiger partial charge in [-0.2, -0.15) is 0 Å². The molecule has 0 aliphatic carbocycles. The van der Waals surface area contributed by atoms with Gasteiger partial charge < -0.3 is 0 Å². The molecule has 0 aromatic heterocycles. The van der Waals surface area contributed by atoms with Crippen molar-refractivity contribution in [3.05, 3.63) is 0 Å². The van der Waals surface area contributed by atoms with Gasteiger partial charge in [-0.15, -0.1) is 0 Å². The van der Waals surface area contributed by atoms with E-state index < -0.39 is 0 Å². The van der Waals surface area contributed by atoms with E-state index in [-0.39, 0.29) is 0 Å². The smallest absolute Gasteiger partial charge is 0.0445 e. The van der Waals surface area contributed by atoms with Gasteiger partial charge in [-0.1, -0.05) is 213 Å². The van der Waals surface area contributed by atoms with Gasteiger partial charge in [0.15, 0.2) is 0 Å². The predicted molar refractivity (Wildman–Crippen MR) is 159 cm³/mol. The molecule has 0 aliphatic heterocycles. The van der Waals surface area contributed by atoms with Crippen molar-refractivity contribution in [2.45, 2.75) is 213 Å². The van der Waals surface area contributed by atoms with Crippen molar-refractivity contribution in [2.24, 2.45) is 5.92 Å². The van der Waals surface area contributed by atoms with Gasteiger partial charge in [-0.25, -0.2) is 0 Å². The third-order valence-electron chi connectivity index (χ3n) is 8.25. The second-order valence-electron chi connectivity index (χ2n) is 11.8. The Morgan fingerprint density at radius 3 is 0.706 bits per heavy atom. The number of unbranched alkanes of at least 4 members (excludes halogenated alkanes) is 27. The van der Waals surface area contributed by atoms with Crippen molar-refractivity contribution >= 4 is 0 Å². The normalized spacial score (nSPS) is 12.4. The van der Waals surface area contributed by atoms with E-state index in [1.54, 1.807) is 0 Å². The molecule has 0 aromatic carbocycles. The summed E-state index contributed by atoms with van der Waals surface area (Å²) < 4.78 is 0. The Kier molecular flexibility index (Phi) is 31.0. The van der Waals surface area contributed by atoms with Crippen LogP contribution < -0.4 is 0 Å². The van der Waals surface area contributed by atoms with Crippen LogP contribution in [0.5, 0.6) is 0 Å². The van der Waals surface area contributed by atoms with Crippen LogP contribution in [-0.4, -0.2) is 0 Å². The highest BCUT2D eigenvalue weighted by molar-refractivity contribution is 4.53. The van der Waals surface area contributed by atoms with E-state index in [1.807, 2.05) is 0 Å². The molecule has 0 heteroatoms. The predicted octanol–water partition coefficient (Wildman–Crippen LogP) is 13.4. The Balaban J connectivity index is 3.02. The Morgan fingerprint density at radius 2 is 0.500 bits per heavy atom. The molecule has 206 valence electrons. The standard InChI is InChI=1S/C34H70/c1-4-6-7-8-9-10-11-12-13-14-15-16-17-18-19-20-21-22-23-24-25-26-27-28-29-30-31-32-33-34(3)5-2/h34H,4-33H2,1-3H3/t34-/m1/s1. The molecular formula is C34H70. The van der Waals surface area contributed by atoms with Crippen LogP contribution in [0.25, 0.3) is 0 Å². The minimum Gasteiger partial charge on any atom is -0.0654 e. The highest BCUT2D eigenvalue weighted by atomic mass is 14.1. The van der Waals surface area contributed by atoms with Crippen molar-refractivity contribution in [1.29, 1.82) is 0 Å². The molecule has 0 amide bonds. The summed E-state index contributed by atoms with van der Waals surface area (Å²) in [5.74, 6) is 0.948. The topological polar surface area (TPSA) is 0 Å². The van der Waals surface area contributed by atoms with Crippen molar-refractivity contribution < 1.29 is 0 Å². The average Bonchev–Trinajstić information content (AvgIpc) is 2.85. The van der Waals surface area contributed by atoms with Gasteiger partial charge >= 0.3 is 0 Å². The van der Waals surface area contributed by atoms with Gasteiger partial charge in [-0.3, -0.25) is 0 Å². The molecule has 0 spiro atoms. The van der Waals surface area contributed by atoms with Crippen LogP contribution in [0.15, 0.2) is 0 Å². The van der Waals surface area contributed by atoms with Crippen LogP contribution in [0.1, 0.15) is 213 Å². The summed E-state index contributed by atoms with van der Waals surface area (Å²) in [5.41, 5.74) is 0. The number of rotatable bonds is 30. The second kappa shape index (κ2) is 31.0. The first-order chi connectivity index (χ1) is 16.8. The zero-order valence-corrected chi connectivity index (χ0v) is 24.8. The maximum Gasteiger partial charge on any atom is -0.0445 e. The summed E-state index contributed by atoms with van der Waals surface area (Å²) in [6.07, 6.45) is 44.3. The molecule has 0 N–H and O–H groups in total. The molecule has 0 rings (SSSR count). The highest BCUT2D eigenvalue weighted by Crippen LogP contribution is 2.17. The van der Waals surface area contributed by atoms with Crippen LogP contribution in [0, 0.1) is 5.92 Å². The minimum atomic E-state index is 0.948. The number of hydrogen-bond acceptors (Lipinski definition) is 0. The minimum absolute atomic E-state index is 0.948. The van der Waals surface area contributed by atoms with Crippen LogP contribution in [-0.2, 0) is 0 Å². The fraction of sp³-hybridized carbons (Fsp3) is 1.00. The second-order valence-corrected chi connectivity index (χ2v) is 11.8. The summed E-state index contributed by atoms with van der Waals surface area (Å²) in [5, 5.41) is 0. The summed E-state index contributed by atoms with van der Waals surface area (Å²) in [4.78, 5) is 0. The molecule has 0 aliphatic rings. The monoisotopic (exact) mass is 479 g/mol. The summed E-state index contributed by atoms with van der Waals surface area (Å²) in [6, 6.07) is 0. The molecule has 0 unspecified atom stereocenters. The fourth-order valence-corrected chi connectivity index (χ4v) is 5.37. The summed E-state index contributed by atoms with van der Waals surface area (Å²) in [7, 11) is 0. The Labute approximate surface area is 219 Å². The van der Waals surface area contributed by atoms with E-state index in [1.165, 1.54) is 193 Å². The van der Waals surface area contributed by atoms with E-state index in [0.717, 1.165) is 5.92 Å². The molecule has 0 saturated heterocycles. The van der Waals surface area contributed by atoms with Crippen molar-refractivity contribution in [1.82, 2.24) is 0 Å². The lowest BCUT2D eigenvalue weighted by molar-refractivity contribution is 0.468. The Bertz CT molecular complexity index is 333. The molecule has 0 fully saturated rings. The molecule has 0 saturated carbocycles. The van der Waals surface area contributed by atoms with Gasteiger partial charge in [0, 0.05) is 0 Å². The Morgan fingerprint density at radius 1 is 0.294 bits per heavy atom. The highest BCUT2D eigenvalue weighted by Gasteiger charge is 1.99. The van der Waals surface area contributed by atoms with Gasteiger partial charge in [-0.05, 0) is 5.92 Å². The first kappa shape index (κ1) is 34.0. The summed E-state index contributed by atoms with van der Waals surface area (Å²) >= 11 is 0. The van der Waals surface area contributed by atoms with Crippen molar-refractivity contribution in [3.63, 3.8) is 0 Å². The molecule has 0 bridgehead atoms. The third kappa shape index (κ3) is 30.0. The van der Waals surface area contributed by atoms with Crippen molar-refractivity contribution in [2.75, 3.05) is 0 Å². The largest absolute Gasteiger partial charge is 0.0654 e. The molecule has 0 aromatic rings. The molecule has 0 heterocycles. The molecular weight excluding hydrogens is 408 g/mol. The molecule has 1 atom stereocenters. The van der Waals surface area contributed by atoms with Crippen LogP contribution in [0.2, 0.25) is 0 Å². The first-order valence-corrected chi connectivity index (χ1v) is 16.8. The Hall–Kier alpha value is 0. The lowest BCUT2D eigenvalue weighted by Crippen LogP contribution is -1.91. The first-order valence-electron chi connectivity index (χ1n) is 16.8. The van der Waals surface area contributed by atoms with E-state index in [2.05, 4.69) is 20.8 Å². The molecule has 34 heavy (non-hydrogen) atoms. The SMILES string of the molecule is CCCCCCCCCCCCCCCCCCCCCCCCCCCCCC[C@H](C)CC. The maximum absolute atomic E-state index is 2.40. The lowest BCUT2D eigenvalue weighted by atomic mass is 9.99. The summed E-state index contributed by atoms with van der Waals surface area (Å²) in [6.45, 7) is 7.04. The van der Waals surface area contributed by atoms with E-state index in [0.29, 0.717) is 0 Å². The van der Waals surface area contributed by atoms with Crippen molar-refractivity contribution in [3.8, 4) is 0 Å². The quantitative estimate of drug-likeness (QED) is 0.0900. The fourth-order valence-electron chi connectivity index (χ4n) is 5.37. The van der Waals surface area contributed by atoms with Gasteiger partial charge in [0.25, 0.3) is 0 Å². The van der Waals surface area contributed by atoms with Crippen LogP contribution in [0.4, 0.5) is 0 Å². The van der Waals surface area contributed by atoms with Gasteiger partial charge in [0.1, 0.15) is 0 Å². The average molecular weight is 479 g/mol. The zero-order chi connectivity index (χ0) is 24.8. The molecule has 0 nitrogen and oxygen atoms in total. The number of hydrogen-bond donors (Lipinski definition) is 0. The van der Waals surface area contributed by atoms with Crippen LogP contribution >= 0.6 is 0 Å².